The van der Waals surface area contributed by atoms with Crippen molar-refractivity contribution in [2.45, 2.75) is 63.8 Å². The summed E-state index contributed by atoms with van der Waals surface area (Å²) in [6, 6.07) is 2.13. The van der Waals surface area contributed by atoms with Crippen LogP contribution in [-0.4, -0.2) is 46.7 Å². The Morgan fingerprint density at radius 1 is 1.21 bits per heavy atom. The molecule has 0 atom stereocenters. The molecular weight excluding hydrogens is 304 g/mol. The van der Waals surface area contributed by atoms with Crippen LogP contribution in [0.2, 0.25) is 0 Å². The lowest BCUT2D eigenvalue weighted by molar-refractivity contribution is -0.137. The first-order chi connectivity index (χ1) is 11.8. The third kappa shape index (κ3) is 4.07. The first-order valence-electron chi connectivity index (χ1n) is 9.29. The second kappa shape index (κ2) is 8.47. The maximum Gasteiger partial charge on any atom is 0.260 e. The molecule has 2 aliphatic carbocycles. The Morgan fingerprint density at radius 3 is 2.79 bits per heavy atom. The molecule has 1 amide bonds. The zero-order chi connectivity index (χ0) is 16.8. The van der Waals surface area contributed by atoms with Gasteiger partial charge in [0, 0.05) is 30.0 Å². The summed E-state index contributed by atoms with van der Waals surface area (Å²) in [7, 11) is 0. The van der Waals surface area contributed by atoms with Gasteiger partial charge in [0.05, 0.1) is 6.61 Å². The minimum absolute atomic E-state index is 0.00684. The van der Waals surface area contributed by atoms with Crippen molar-refractivity contribution in [3.63, 3.8) is 0 Å². The number of aromatic nitrogens is 1. The zero-order valence-corrected chi connectivity index (χ0v) is 14.4. The van der Waals surface area contributed by atoms with E-state index in [-0.39, 0.29) is 25.2 Å². The highest BCUT2D eigenvalue weighted by atomic mass is 16.5. The Balaban J connectivity index is 1.63. The van der Waals surface area contributed by atoms with E-state index in [2.05, 4.69) is 4.98 Å². The number of aliphatic hydroxyl groups excluding tert-OH is 1. The molecule has 2 aliphatic rings. The van der Waals surface area contributed by atoms with Crippen molar-refractivity contribution in [3.8, 4) is 5.75 Å². The molecule has 132 valence electrons. The van der Waals surface area contributed by atoms with Gasteiger partial charge in [-0.15, -0.1) is 0 Å². The van der Waals surface area contributed by atoms with E-state index in [1.807, 2.05) is 11.0 Å². The van der Waals surface area contributed by atoms with Gasteiger partial charge in [0.2, 0.25) is 0 Å². The number of hydrogen-bond donors (Lipinski definition) is 1. The molecule has 5 nitrogen and oxygen atoms in total. The molecule has 24 heavy (non-hydrogen) atoms. The van der Waals surface area contributed by atoms with Crippen LogP contribution in [0.25, 0.3) is 0 Å². The van der Waals surface area contributed by atoms with Gasteiger partial charge in [0.25, 0.3) is 5.91 Å². The molecule has 1 aromatic heterocycles. The predicted octanol–water partition coefficient (Wildman–Crippen LogP) is 2.49. The van der Waals surface area contributed by atoms with E-state index >= 15 is 0 Å². The normalized spacial score (nSPS) is 18.0. The predicted molar refractivity (Wildman–Crippen MR) is 92.0 cm³/mol. The average Bonchev–Trinajstić information content (AvgIpc) is 2.65. The molecule has 1 heterocycles. The van der Waals surface area contributed by atoms with Crippen LogP contribution in [0, 0.1) is 0 Å². The molecular formula is C19H28N2O3. The van der Waals surface area contributed by atoms with Gasteiger partial charge in [-0.2, -0.15) is 0 Å². The maximum atomic E-state index is 12.6. The lowest BCUT2D eigenvalue weighted by atomic mass is 9.94. The number of amides is 1. The number of aryl methyl sites for hydroxylation is 1. The first-order valence-corrected chi connectivity index (χ1v) is 9.29. The van der Waals surface area contributed by atoms with Gasteiger partial charge in [-0.05, 0) is 44.6 Å². The standard InChI is InChI=1S/C19H28N2O3/c22-13-12-21(15-6-2-1-3-7-15)19(23)14-24-18-10-11-20-17-9-5-4-8-16(17)18/h10-11,15,22H,1-9,12-14H2. The summed E-state index contributed by atoms with van der Waals surface area (Å²) in [6.45, 7) is 0.459. The van der Waals surface area contributed by atoms with Crippen LogP contribution in [0.3, 0.4) is 0 Å². The average molecular weight is 332 g/mol. The highest BCUT2D eigenvalue weighted by Crippen LogP contribution is 2.28. The Kier molecular flexibility index (Phi) is 6.07. The highest BCUT2D eigenvalue weighted by Gasteiger charge is 2.25. The molecule has 5 heteroatoms. The second-order valence-corrected chi connectivity index (χ2v) is 6.83. The third-order valence-electron chi connectivity index (χ3n) is 5.22. The molecule has 0 aliphatic heterocycles. The molecule has 1 saturated carbocycles. The van der Waals surface area contributed by atoms with Gasteiger partial charge in [0.15, 0.2) is 6.61 Å². The van der Waals surface area contributed by atoms with E-state index in [4.69, 9.17) is 4.74 Å². The van der Waals surface area contributed by atoms with Gasteiger partial charge in [0.1, 0.15) is 5.75 Å². The monoisotopic (exact) mass is 332 g/mol. The van der Waals surface area contributed by atoms with Crippen LogP contribution in [0.15, 0.2) is 12.3 Å². The van der Waals surface area contributed by atoms with Crippen molar-refractivity contribution in [1.29, 1.82) is 0 Å². The van der Waals surface area contributed by atoms with Gasteiger partial charge < -0.3 is 14.7 Å². The smallest absolute Gasteiger partial charge is 0.260 e. The fourth-order valence-corrected chi connectivity index (χ4v) is 3.96. The molecule has 0 spiro atoms. The lowest BCUT2D eigenvalue weighted by Gasteiger charge is -2.34. The molecule has 0 radical (unpaired) electrons. The minimum Gasteiger partial charge on any atom is -0.483 e. The summed E-state index contributed by atoms with van der Waals surface area (Å²) in [5, 5.41) is 9.32. The van der Waals surface area contributed by atoms with Crippen molar-refractivity contribution in [2.24, 2.45) is 0 Å². The zero-order valence-electron chi connectivity index (χ0n) is 14.4. The van der Waals surface area contributed by atoms with Crippen LogP contribution in [0.4, 0.5) is 0 Å². The van der Waals surface area contributed by atoms with E-state index < -0.39 is 0 Å². The molecule has 0 bridgehead atoms. The SMILES string of the molecule is O=C(COc1ccnc2c1CCCC2)N(CCO)C1CCCCC1. The summed E-state index contributed by atoms with van der Waals surface area (Å²) in [4.78, 5) is 18.9. The molecule has 0 aromatic carbocycles. The number of rotatable bonds is 6. The van der Waals surface area contributed by atoms with Gasteiger partial charge in [-0.3, -0.25) is 9.78 Å². The molecule has 1 fully saturated rings. The number of carbonyl (C=O) groups excluding carboxylic acids is 1. The van der Waals surface area contributed by atoms with Gasteiger partial charge in [-0.1, -0.05) is 19.3 Å². The van der Waals surface area contributed by atoms with Crippen LogP contribution in [0.1, 0.15) is 56.2 Å². The minimum atomic E-state index is -0.0164. The van der Waals surface area contributed by atoms with Crippen molar-refractivity contribution in [3.05, 3.63) is 23.5 Å². The molecule has 0 unspecified atom stereocenters. The van der Waals surface area contributed by atoms with Crippen LogP contribution in [-0.2, 0) is 17.6 Å². The number of aliphatic hydroxyl groups is 1. The van der Waals surface area contributed by atoms with Crippen molar-refractivity contribution in [2.75, 3.05) is 19.8 Å². The Labute approximate surface area is 144 Å². The van der Waals surface area contributed by atoms with E-state index in [0.717, 1.165) is 43.5 Å². The van der Waals surface area contributed by atoms with Crippen LogP contribution in [0.5, 0.6) is 5.75 Å². The third-order valence-corrected chi connectivity index (χ3v) is 5.22. The maximum absolute atomic E-state index is 12.6. The Morgan fingerprint density at radius 2 is 2.00 bits per heavy atom. The number of ether oxygens (including phenoxy) is 1. The number of fused-ring (bicyclic) bond motifs is 1. The van der Waals surface area contributed by atoms with E-state index in [1.54, 1.807) is 6.20 Å². The molecule has 1 N–H and O–H groups in total. The van der Waals surface area contributed by atoms with Crippen molar-refractivity contribution < 1.29 is 14.6 Å². The Hall–Kier alpha value is -1.62. The fourth-order valence-electron chi connectivity index (χ4n) is 3.96. The van der Waals surface area contributed by atoms with Crippen molar-refractivity contribution >= 4 is 5.91 Å². The van der Waals surface area contributed by atoms with E-state index in [1.165, 1.54) is 31.2 Å². The van der Waals surface area contributed by atoms with Crippen LogP contribution < -0.4 is 4.74 Å². The fraction of sp³-hybridized carbons (Fsp3) is 0.684. The highest BCUT2D eigenvalue weighted by molar-refractivity contribution is 5.78. The second-order valence-electron chi connectivity index (χ2n) is 6.83. The van der Waals surface area contributed by atoms with Crippen LogP contribution >= 0.6 is 0 Å². The Bertz CT molecular complexity index is 556. The summed E-state index contributed by atoms with van der Waals surface area (Å²) in [5.74, 6) is 0.790. The topological polar surface area (TPSA) is 62.7 Å². The molecule has 1 aromatic rings. The summed E-state index contributed by atoms with van der Waals surface area (Å²) in [5.41, 5.74) is 2.29. The van der Waals surface area contributed by atoms with Gasteiger partial charge >= 0.3 is 0 Å². The van der Waals surface area contributed by atoms with E-state index in [0.29, 0.717) is 6.54 Å². The largest absolute Gasteiger partial charge is 0.483 e. The summed E-state index contributed by atoms with van der Waals surface area (Å²) < 4.78 is 5.87. The first kappa shape index (κ1) is 17.2. The number of pyridine rings is 1. The van der Waals surface area contributed by atoms with Crippen molar-refractivity contribution in [1.82, 2.24) is 9.88 Å². The molecule has 0 saturated heterocycles. The quantitative estimate of drug-likeness (QED) is 0.869. The van der Waals surface area contributed by atoms with Gasteiger partial charge in [-0.25, -0.2) is 0 Å². The number of nitrogens with zero attached hydrogens (tertiary/aromatic N) is 2. The number of hydrogen-bond acceptors (Lipinski definition) is 4. The van der Waals surface area contributed by atoms with E-state index in [9.17, 15) is 9.90 Å². The lowest BCUT2D eigenvalue weighted by Crippen LogP contribution is -2.45. The summed E-state index contributed by atoms with van der Waals surface area (Å²) in [6.07, 6.45) is 11.7. The molecule has 3 rings (SSSR count). The summed E-state index contributed by atoms with van der Waals surface area (Å²) >= 11 is 0. The number of carbonyl (C=O) groups is 1.